The van der Waals surface area contributed by atoms with Gasteiger partial charge in [-0.25, -0.2) is 0 Å². The topological polar surface area (TPSA) is 49.8 Å². The molecular weight excluding hydrogens is 182 g/mol. The highest BCUT2D eigenvalue weighted by Crippen LogP contribution is 2.22. The molecule has 2 saturated heterocycles. The number of carbonyl (C=O) groups is 1. The van der Waals surface area contributed by atoms with E-state index in [1.807, 2.05) is 0 Å². The van der Waals surface area contributed by atoms with Crippen LogP contribution >= 0.6 is 0 Å². The summed E-state index contributed by atoms with van der Waals surface area (Å²) in [4.78, 5) is 13.4. The number of likely N-dealkylation sites (tertiary alicyclic amines) is 1. The van der Waals surface area contributed by atoms with Gasteiger partial charge in [0.25, 0.3) is 0 Å². The van der Waals surface area contributed by atoms with E-state index in [1.165, 1.54) is 0 Å². The van der Waals surface area contributed by atoms with E-state index < -0.39 is 0 Å². The third kappa shape index (κ3) is 1.91. The highest BCUT2D eigenvalue weighted by molar-refractivity contribution is 5.77. The van der Waals surface area contributed by atoms with Crippen LogP contribution in [0.5, 0.6) is 0 Å². The van der Waals surface area contributed by atoms with Crippen LogP contribution in [0.15, 0.2) is 0 Å². The number of hydrogen-bond donors (Lipinski definition) is 1. The fourth-order valence-corrected chi connectivity index (χ4v) is 2.43. The van der Waals surface area contributed by atoms with E-state index in [0.29, 0.717) is 19.1 Å². The number of rotatable bonds is 1. The molecule has 3 atom stereocenters. The van der Waals surface area contributed by atoms with Crippen LogP contribution < -0.4 is 0 Å². The number of carbonyl (C=O) groups excluding carboxylic acids is 1. The van der Waals surface area contributed by atoms with Gasteiger partial charge in [-0.15, -0.1) is 0 Å². The molecule has 2 rings (SSSR count). The molecule has 2 aliphatic rings. The van der Waals surface area contributed by atoms with Crippen LogP contribution in [0.4, 0.5) is 0 Å². The first kappa shape index (κ1) is 9.93. The first-order chi connectivity index (χ1) is 6.66. The third-order valence-electron chi connectivity index (χ3n) is 3.01. The highest BCUT2D eigenvalue weighted by atomic mass is 16.5. The summed E-state index contributed by atoms with van der Waals surface area (Å²) in [6.45, 7) is 4.15. The molecule has 1 N–H and O–H groups in total. The molecule has 0 radical (unpaired) electrons. The van der Waals surface area contributed by atoms with Gasteiger partial charge in [-0.1, -0.05) is 6.92 Å². The van der Waals surface area contributed by atoms with Crippen LogP contribution in [0.25, 0.3) is 0 Å². The van der Waals surface area contributed by atoms with Crippen molar-refractivity contribution >= 4 is 5.97 Å². The number of β-amino-alcohol motifs (C(OH)–C–C–N with tert-alkyl or cyclic N) is 1. The Morgan fingerprint density at radius 3 is 2.86 bits per heavy atom. The van der Waals surface area contributed by atoms with E-state index in [4.69, 9.17) is 4.74 Å². The molecule has 0 spiro atoms. The van der Waals surface area contributed by atoms with Gasteiger partial charge in [0.05, 0.1) is 12.7 Å². The predicted octanol–water partition coefficient (Wildman–Crippen LogP) is 0.00460. The summed E-state index contributed by atoms with van der Waals surface area (Å²) >= 11 is 0. The van der Waals surface area contributed by atoms with Gasteiger partial charge >= 0.3 is 5.97 Å². The Morgan fingerprint density at radius 2 is 2.29 bits per heavy atom. The molecule has 0 aromatic heterocycles. The second kappa shape index (κ2) is 3.87. The zero-order chi connectivity index (χ0) is 10.1. The van der Waals surface area contributed by atoms with E-state index in [-0.39, 0.29) is 18.1 Å². The van der Waals surface area contributed by atoms with Gasteiger partial charge in [-0.3, -0.25) is 9.69 Å². The molecule has 0 bridgehead atoms. The fraction of sp³-hybridized carbons (Fsp3) is 0.900. The number of hydrogen-bond acceptors (Lipinski definition) is 4. The SMILES string of the molecule is C[C@@H]1C[C@H](O)CN(C2CCOC2=O)C1. The van der Waals surface area contributed by atoms with Crippen molar-refractivity contribution in [3.05, 3.63) is 0 Å². The van der Waals surface area contributed by atoms with E-state index in [1.54, 1.807) is 0 Å². The van der Waals surface area contributed by atoms with Crippen molar-refractivity contribution in [2.24, 2.45) is 5.92 Å². The van der Waals surface area contributed by atoms with Gasteiger partial charge in [0.2, 0.25) is 0 Å². The number of cyclic esters (lactones) is 1. The molecule has 4 heteroatoms. The van der Waals surface area contributed by atoms with Crippen molar-refractivity contribution in [1.82, 2.24) is 4.90 Å². The van der Waals surface area contributed by atoms with Crippen LogP contribution in [0, 0.1) is 5.92 Å². The maximum Gasteiger partial charge on any atom is 0.323 e. The Morgan fingerprint density at radius 1 is 1.50 bits per heavy atom. The Labute approximate surface area is 83.8 Å². The fourth-order valence-electron chi connectivity index (χ4n) is 2.43. The van der Waals surface area contributed by atoms with Crippen molar-refractivity contribution < 1.29 is 14.6 Å². The molecule has 0 aromatic carbocycles. The Balaban J connectivity index is 1.99. The lowest BCUT2D eigenvalue weighted by Gasteiger charge is -2.36. The minimum atomic E-state index is -0.285. The number of aliphatic hydroxyl groups is 1. The predicted molar refractivity (Wildman–Crippen MR) is 50.7 cm³/mol. The summed E-state index contributed by atoms with van der Waals surface area (Å²) in [7, 11) is 0. The monoisotopic (exact) mass is 199 g/mol. The summed E-state index contributed by atoms with van der Waals surface area (Å²) in [5, 5.41) is 9.60. The lowest BCUT2D eigenvalue weighted by Crippen LogP contribution is -2.49. The standard InChI is InChI=1S/C10H17NO3/c1-7-4-8(12)6-11(5-7)9-2-3-14-10(9)13/h7-9,12H,2-6H2,1H3/t7-,8+,9?/m1/s1. The van der Waals surface area contributed by atoms with Crippen molar-refractivity contribution in [2.75, 3.05) is 19.7 Å². The van der Waals surface area contributed by atoms with Crippen LogP contribution in [0.3, 0.4) is 0 Å². The van der Waals surface area contributed by atoms with Crippen molar-refractivity contribution in [3.63, 3.8) is 0 Å². The molecule has 80 valence electrons. The zero-order valence-electron chi connectivity index (χ0n) is 8.48. The van der Waals surface area contributed by atoms with E-state index in [9.17, 15) is 9.90 Å². The lowest BCUT2D eigenvalue weighted by molar-refractivity contribution is -0.143. The molecule has 0 aromatic rings. The minimum absolute atomic E-state index is 0.104. The van der Waals surface area contributed by atoms with Crippen LogP contribution in [0.1, 0.15) is 19.8 Å². The second-order valence-corrected chi connectivity index (χ2v) is 4.42. The van der Waals surface area contributed by atoms with Crippen LogP contribution in [-0.4, -0.2) is 47.8 Å². The quantitative estimate of drug-likeness (QED) is 0.604. The van der Waals surface area contributed by atoms with Crippen molar-refractivity contribution in [1.29, 1.82) is 0 Å². The van der Waals surface area contributed by atoms with Gasteiger partial charge in [0.1, 0.15) is 6.04 Å². The summed E-state index contributed by atoms with van der Waals surface area (Å²) in [6, 6.07) is -0.104. The maximum atomic E-state index is 11.3. The lowest BCUT2D eigenvalue weighted by atomic mass is 9.96. The van der Waals surface area contributed by atoms with Gasteiger partial charge in [0.15, 0.2) is 0 Å². The number of esters is 1. The number of aliphatic hydroxyl groups excluding tert-OH is 1. The van der Waals surface area contributed by atoms with Gasteiger partial charge in [-0.05, 0) is 12.3 Å². The van der Waals surface area contributed by atoms with Crippen molar-refractivity contribution in [2.45, 2.75) is 31.9 Å². The largest absolute Gasteiger partial charge is 0.464 e. The van der Waals surface area contributed by atoms with Crippen LogP contribution in [-0.2, 0) is 9.53 Å². The zero-order valence-corrected chi connectivity index (χ0v) is 8.48. The average Bonchev–Trinajstić information content (AvgIpc) is 2.49. The summed E-state index contributed by atoms with van der Waals surface area (Å²) in [5.41, 5.74) is 0. The summed E-state index contributed by atoms with van der Waals surface area (Å²) in [6.07, 6.45) is 1.34. The van der Waals surface area contributed by atoms with Gasteiger partial charge < -0.3 is 9.84 Å². The molecule has 2 aliphatic heterocycles. The third-order valence-corrected chi connectivity index (χ3v) is 3.01. The molecule has 0 saturated carbocycles. The molecule has 2 heterocycles. The summed E-state index contributed by atoms with van der Waals surface area (Å²) < 4.78 is 4.93. The Kier molecular flexibility index (Phi) is 2.74. The molecule has 4 nitrogen and oxygen atoms in total. The average molecular weight is 199 g/mol. The van der Waals surface area contributed by atoms with Crippen molar-refractivity contribution in [3.8, 4) is 0 Å². The Hall–Kier alpha value is -0.610. The van der Waals surface area contributed by atoms with E-state index >= 15 is 0 Å². The molecule has 0 amide bonds. The molecule has 0 aliphatic carbocycles. The Bertz CT molecular complexity index is 221. The number of piperidine rings is 1. The first-order valence-electron chi connectivity index (χ1n) is 5.25. The first-order valence-corrected chi connectivity index (χ1v) is 5.25. The van der Waals surface area contributed by atoms with E-state index in [0.717, 1.165) is 19.4 Å². The molecule has 1 unspecified atom stereocenters. The van der Waals surface area contributed by atoms with E-state index in [2.05, 4.69) is 11.8 Å². The van der Waals surface area contributed by atoms with Crippen LogP contribution in [0.2, 0.25) is 0 Å². The van der Waals surface area contributed by atoms with Gasteiger partial charge in [-0.2, -0.15) is 0 Å². The summed E-state index contributed by atoms with van der Waals surface area (Å²) in [5.74, 6) is 0.346. The smallest absolute Gasteiger partial charge is 0.323 e. The maximum absolute atomic E-state index is 11.3. The molecule has 2 fully saturated rings. The molecular formula is C10H17NO3. The second-order valence-electron chi connectivity index (χ2n) is 4.42. The highest BCUT2D eigenvalue weighted by Gasteiger charge is 2.36. The normalized spacial score (nSPS) is 39.9. The minimum Gasteiger partial charge on any atom is -0.464 e. The number of ether oxygens (including phenoxy) is 1. The number of nitrogens with zero attached hydrogens (tertiary/aromatic N) is 1. The molecule has 14 heavy (non-hydrogen) atoms. The van der Waals surface area contributed by atoms with Gasteiger partial charge in [0, 0.05) is 19.5 Å².